The summed E-state index contributed by atoms with van der Waals surface area (Å²) < 4.78 is 1.83. The Balaban J connectivity index is 1.85. The first kappa shape index (κ1) is 15.5. The first-order valence-electron chi connectivity index (χ1n) is 6.90. The van der Waals surface area contributed by atoms with Crippen molar-refractivity contribution in [1.29, 1.82) is 0 Å². The lowest BCUT2D eigenvalue weighted by atomic mass is 10.3. The van der Waals surface area contributed by atoms with E-state index in [4.69, 9.17) is 0 Å². The van der Waals surface area contributed by atoms with Crippen LogP contribution >= 0.6 is 11.8 Å². The number of aromatic nitrogens is 4. The molecule has 0 saturated heterocycles. The molecule has 0 radical (unpaired) electrons. The van der Waals surface area contributed by atoms with E-state index >= 15 is 0 Å². The van der Waals surface area contributed by atoms with Crippen molar-refractivity contribution in [3.05, 3.63) is 36.7 Å². The van der Waals surface area contributed by atoms with Crippen LogP contribution in [-0.4, -0.2) is 31.4 Å². The van der Waals surface area contributed by atoms with Gasteiger partial charge in [0.2, 0.25) is 5.91 Å². The largest absolute Gasteiger partial charge is 0.346 e. The molecule has 1 N–H and O–H groups in total. The molecule has 7 heteroatoms. The summed E-state index contributed by atoms with van der Waals surface area (Å²) in [7, 11) is 0. The van der Waals surface area contributed by atoms with Gasteiger partial charge >= 0.3 is 0 Å². The van der Waals surface area contributed by atoms with Crippen LogP contribution in [0.2, 0.25) is 0 Å². The van der Waals surface area contributed by atoms with Crippen molar-refractivity contribution in [1.82, 2.24) is 25.1 Å². The summed E-state index contributed by atoms with van der Waals surface area (Å²) in [5.41, 5.74) is 0. The maximum atomic E-state index is 12.0. The van der Waals surface area contributed by atoms with E-state index in [2.05, 4.69) is 27.3 Å². The number of thioether (sulfide) groups is 1. The maximum absolute atomic E-state index is 12.0. The van der Waals surface area contributed by atoms with Crippen molar-refractivity contribution in [3.63, 3.8) is 0 Å². The van der Waals surface area contributed by atoms with Crippen LogP contribution in [0.5, 0.6) is 0 Å². The summed E-state index contributed by atoms with van der Waals surface area (Å²) in [6.07, 6.45) is 5.94. The quantitative estimate of drug-likeness (QED) is 0.793. The van der Waals surface area contributed by atoms with Crippen LogP contribution < -0.4 is 5.32 Å². The fourth-order valence-corrected chi connectivity index (χ4v) is 2.62. The molecule has 0 fully saturated rings. The number of nitrogens with one attached hydrogen (secondary N) is 1. The monoisotopic (exact) mass is 305 g/mol. The molecule has 2 rings (SSSR count). The lowest BCUT2D eigenvalue weighted by Crippen LogP contribution is -2.30. The number of pyridine rings is 1. The Labute approximate surface area is 128 Å². The van der Waals surface area contributed by atoms with Crippen molar-refractivity contribution in [2.45, 2.75) is 37.8 Å². The van der Waals surface area contributed by atoms with Gasteiger partial charge in [-0.3, -0.25) is 9.78 Å². The van der Waals surface area contributed by atoms with E-state index in [9.17, 15) is 4.79 Å². The van der Waals surface area contributed by atoms with Gasteiger partial charge in [0.05, 0.1) is 11.8 Å². The normalized spacial score (nSPS) is 12.1. The highest BCUT2D eigenvalue weighted by molar-refractivity contribution is 8.00. The fraction of sp³-hybridized carbons (Fsp3) is 0.429. The summed E-state index contributed by atoms with van der Waals surface area (Å²) in [6.45, 7) is 4.81. The minimum Gasteiger partial charge on any atom is -0.346 e. The number of rotatable bonds is 7. The Bertz CT molecular complexity index is 572. The second kappa shape index (κ2) is 7.78. The van der Waals surface area contributed by atoms with Gasteiger partial charge in [0.25, 0.3) is 0 Å². The van der Waals surface area contributed by atoms with Gasteiger partial charge in [0.1, 0.15) is 12.2 Å². The zero-order valence-corrected chi connectivity index (χ0v) is 13.0. The number of amides is 1. The number of carbonyl (C=O) groups is 1. The molecular weight excluding hydrogens is 286 g/mol. The molecule has 6 nitrogen and oxygen atoms in total. The number of carbonyl (C=O) groups excluding carboxylic acids is 1. The van der Waals surface area contributed by atoms with Crippen molar-refractivity contribution in [3.8, 4) is 0 Å². The van der Waals surface area contributed by atoms with Crippen LogP contribution in [0.3, 0.4) is 0 Å². The predicted molar refractivity (Wildman–Crippen MR) is 81.8 cm³/mol. The second-order valence-corrected chi connectivity index (χ2v) is 5.65. The molecule has 0 bridgehead atoms. The molecule has 0 aliphatic rings. The molecular formula is C14H19N5OS. The van der Waals surface area contributed by atoms with Crippen LogP contribution in [-0.2, 0) is 11.3 Å². The third-order valence-corrected chi connectivity index (χ3v) is 3.88. The molecule has 112 valence electrons. The van der Waals surface area contributed by atoms with Gasteiger partial charge in [0, 0.05) is 23.8 Å². The third kappa shape index (κ3) is 4.56. The maximum Gasteiger partial charge on any atom is 0.230 e. The number of hydrogen-bond acceptors (Lipinski definition) is 5. The molecule has 1 atom stereocenters. The van der Waals surface area contributed by atoms with Gasteiger partial charge in [-0.1, -0.05) is 6.92 Å². The smallest absolute Gasteiger partial charge is 0.230 e. The topological polar surface area (TPSA) is 72.7 Å². The predicted octanol–water partition coefficient (Wildman–Crippen LogP) is 2.05. The first-order chi connectivity index (χ1) is 10.2. The van der Waals surface area contributed by atoms with Gasteiger partial charge in [-0.2, -0.15) is 5.10 Å². The molecule has 0 saturated carbocycles. The van der Waals surface area contributed by atoms with Crippen molar-refractivity contribution in [2.24, 2.45) is 0 Å². The SMILES string of the molecule is CCCn1ncnc1C(C)NC(=O)CSc1ccncc1. The molecule has 2 heterocycles. The first-order valence-corrected chi connectivity index (χ1v) is 7.89. The van der Waals surface area contributed by atoms with E-state index < -0.39 is 0 Å². The van der Waals surface area contributed by atoms with Crippen LogP contribution in [0.1, 0.15) is 32.1 Å². The molecule has 0 aromatic carbocycles. The van der Waals surface area contributed by atoms with Crippen LogP contribution in [0.15, 0.2) is 35.7 Å². The zero-order chi connectivity index (χ0) is 15.1. The van der Waals surface area contributed by atoms with E-state index in [0.29, 0.717) is 5.75 Å². The van der Waals surface area contributed by atoms with Crippen molar-refractivity contribution >= 4 is 17.7 Å². The Morgan fingerprint density at radius 3 is 2.90 bits per heavy atom. The summed E-state index contributed by atoms with van der Waals surface area (Å²) in [4.78, 5) is 21.2. The molecule has 2 aromatic rings. The standard InChI is InChI=1S/C14H19N5OS/c1-3-8-19-14(16-10-17-19)11(2)18-13(20)9-21-12-4-6-15-7-5-12/h4-7,10-11H,3,8-9H2,1-2H3,(H,18,20). The lowest BCUT2D eigenvalue weighted by molar-refractivity contribution is -0.119. The highest BCUT2D eigenvalue weighted by Crippen LogP contribution is 2.16. The minimum atomic E-state index is -0.149. The Morgan fingerprint density at radius 2 is 2.19 bits per heavy atom. The van der Waals surface area contributed by atoms with E-state index in [1.165, 1.54) is 18.1 Å². The summed E-state index contributed by atoms with van der Waals surface area (Å²) in [5, 5.41) is 7.12. The zero-order valence-electron chi connectivity index (χ0n) is 12.2. The molecule has 1 unspecified atom stereocenters. The average Bonchev–Trinajstić information content (AvgIpc) is 2.95. The van der Waals surface area contributed by atoms with Gasteiger partial charge in [-0.25, -0.2) is 9.67 Å². The van der Waals surface area contributed by atoms with E-state index in [1.54, 1.807) is 12.4 Å². The van der Waals surface area contributed by atoms with Crippen LogP contribution in [0.25, 0.3) is 0 Å². The van der Waals surface area contributed by atoms with Gasteiger partial charge in [-0.05, 0) is 25.5 Å². The number of nitrogens with zero attached hydrogens (tertiary/aromatic N) is 4. The Morgan fingerprint density at radius 1 is 1.43 bits per heavy atom. The number of hydrogen-bond donors (Lipinski definition) is 1. The highest BCUT2D eigenvalue weighted by Gasteiger charge is 2.15. The van der Waals surface area contributed by atoms with E-state index in [-0.39, 0.29) is 11.9 Å². The lowest BCUT2D eigenvalue weighted by Gasteiger charge is -2.14. The minimum absolute atomic E-state index is 0.0182. The average molecular weight is 305 g/mol. The van der Waals surface area contributed by atoms with Gasteiger partial charge in [0.15, 0.2) is 0 Å². The summed E-state index contributed by atoms with van der Waals surface area (Å²) in [6, 6.07) is 3.63. The molecule has 21 heavy (non-hydrogen) atoms. The molecule has 0 aliphatic carbocycles. The van der Waals surface area contributed by atoms with E-state index in [1.807, 2.05) is 23.7 Å². The third-order valence-electron chi connectivity index (χ3n) is 2.87. The molecule has 1 amide bonds. The van der Waals surface area contributed by atoms with Gasteiger partial charge in [-0.15, -0.1) is 11.8 Å². The van der Waals surface area contributed by atoms with Crippen molar-refractivity contribution < 1.29 is 4.79 Å². The Hall–Kier alpha value is -1.89. The van der Waals surface area contributed by atoms with Crippen LogP contribution in [0, 0.1) is 0 Å². The number of aryl methyl sites for hydroxylation is 1. The van der Waals surface area contributed by atoms with Gasteiger partial charge < -0.3 is 5.32 Å². The molecule has 0 aliphatic heterocycles. The van der Waals surface area contributed by atoms with Crippen LogP contribution in [0.4, 0.5) is 0 Å². The highest BCUT2D eigenvalue weighted by atomic mass is 32.2. The molecule has 0 spiro atoms. The van der Waals surface area contributed by atoms with E-state index in [0.717, 1.165) is 23.7 Å². The Kier molecular flexibility index (Phi) is 5.74. The fourth-order valence-electron chi connectivity index (χ4n) is 1.92. The van der Waals surface area contributed by atoms with Crippen molar-refractivity contribution in [2.75, 3.05) is 5.75 Å². The second-order valence-electron chi connectivity index (χ2n) is 4.60. The summed E-state index contributed by atoms with van der Waals surface area (Å²) in [5.74, 6) is 1.14. The summed E-state index contributed by atoms with van der Waals surface area (Å²) >= 11 is 1.49. The molecule has 2 aromatic heterocycles.